The van der Waals surface area contributed by atoms with Gasteiger partial charge in [-0.25, -0.2) is 0 Å². The second kappa shape index (κ2) is 14.4. The zero-order chi connectivity index (χ0) is 20.7. The third kappa shape index (κ3) is 13.2. The lowest BCUT2D eigenvalue weighted by atomic mass is 9.81. The Morgan fingerprint density at radius 1 is 0.926 bits per heavy atom. The van der Waals surface area contributed by atoms with Gasteiger partial charge in [0.25, 0.3) is 0 Å². The van der Waals surface area contributed by atoms with Crippen molar-refractivity contribution in [3.05, 3.63) is 48.6 Å². The van der Waals surface area contributed by atoms with Gasteiger partial charge >= 0.3 is 5.97 Å². The van der Waals surface area contributed by atoms with Gasteiger partial charge in [-0.05, 0) is 24.7 Å². The highest BCUT2D eigenvalue weighted by molar-refractivity contribution is 5.66. The number of allylic oxidation sites excluding steroid dienone is 6. The number of carboxylic acid groups (broad SMARTS) is 1. The number of aliphatic hydroxyl groups excluding tert-OH is 3. The van der Waals surface area contributed by atoms with Gasteiger partial charge in [0.15, 0.2) is 0 Å². The van der Waals surface area contributed by atoms with Gasteiger partial charge in [0.2, 0.25) is 0 Å². The molecule has 0 rings (SSSR count). The van der Waals surface area contributed by atoms with E-state index in [1.807, 2.05) is 18.2 Å². The van der Waals surface area contributed by atoms with Crippen molar-refractivity contribution in [3.63, 3.8) is 0 Å². The Balaban J connectivity index is 4.22. The van der Waals surface area contributed by atoms with E-state index in [4.69, 9.17) is 5.11 Å². The summed E-state index contributed by atoms with van der Waals surface area (Å²) in [4.78, 5) is 10.4. The zero-order valence-corrected chi connectivity index (χ0v) is 16.8. The lowest BCUT2D eigenvalue weighted by molar-refractivity contribution is -0.137. The number of hydrogen-bond acceptors (Lipinski definition) is 4. The highest BCUT2D eigenvalue weighted by atomic mass is 16.4. The molecule has 4 N–H and O–H groups in total. The first-order valence-corrected chi connectivity index (χ1v) is 9.65. The molecule has 0 fully saturated rings. The average molecular weight is 381 g/mol. The molecule has 0 bridgehead atoms. The maximum atomic E-state index is 10.4. The second-order valence-corrected chi connectivity index (χ2v) is 7.42. The van der Waals surface area contributed by atoms with Crippen LogP contribution in [0.3, 0.4) is 0 Å². The van der Waals surface area contributed by atoms with Crippen LogP contribution < -0.4 is 0 Å². The topological polar surface area (TPSA) is 98.0 Å². The Labute approximate surface area is 163 Å². The van der Waals surface area contributed by atoms with Gasteiger partial charge < -0.3 is 20.4 Å². The Morgan fingerprint density at radius 2 is 1.48 bits per heavy atom. The van der Waals surface area contributed by atoms with E-state index < -0.39 is 24.3 Å². The lowest BCUT2D eigenvalue weighted by Crippen LogP contribution is -2.27. The molecule has 0 saturated heterocycles. The van der Waals surface area contributed by atoms with E-state index >= 15 is 0 Å². The molecule has 0 aliphatic rings. The first-order valence-electron chi connectivity index (χ1n) is 9.65. The maximum absolute atomic E-state index is 10.4. The molecule has 0 aliphatic carbocycles. The molecule has 0 radical (unpaired) electrons. The minimum atomic E-state index is -1.02. The summed E-state index contributed by atoms with van der Waals surface area (Å²) in [6.45, 7) is 6.27. The zero-order valence-electron chi connectivity index (χ0n) is 16.8. The van der Waals surface area contributed by atoms with Crippen molar-refractivity contribution in [1.82, 2.24) is 0 Å². The van der Waals surface area contributed by atoms with Gasteiger partial charge in [-0.1, -0.05) is 82.2 Å². The minimum Gasteiger partial charge on any atom is -0.481 e. The summed E-state index contributed by atoms with van der Waals surface area (Å²) in [5, 5.41) is 38.2. The fourth-order valence-corrected chi connectivity index (χ4v) is 2.41. The summed E-state index contributed by atoms with van der Waals surface area (Å²) in [7, 11) is 0. The third-order valence-electron chi connectivity index (χ3n) is 4.42. The number of carboxylic acids is 1. The van der Waals surface area contributed by atoms with Crippen LogP contribution in [0.5, 0.6) is 0 Å². The largest absolute Gasteiger partial charge is 0.481 e. The number of aliphatic carboxylic acids is 1. The lowest BCUT2D eigenvalue weighted by Gasteiger charge is -2.28. The van der Waals surface area contributed by atoms with Crippen molar-refractivity contribution in [2.75, 3.05) is 0 Å². The molecule has 0 amide bonds. The van der Waals surface area contributed by atoms with Crippen molar-refractivity contribution in [3.8, 4) is 0 Å². The summed E-state index contributed by atoms with van der Waals surface area (Å²) >= 11 is 0. The van der Waals surface area contributed by atoms with E-state index in [9.17, 15) is 20.1 Å². The van der Waals surface area contributed by atoms with Gasteiger partial charge in [0, 0.05) is 6.42 Å². The Hall–Kier alpha value is -1.69. The van der Waals surface area contributed by atoms with Crippen LogP contribution in [0, 0.1) is 5.41 Å². The monoisotopic (exact) mass is 380 g/mol. The van der Waals surface area contributed by atoms with Crippen molar-refractivity contribution in [2.45, 2.75) is 77.6 Å². The Morgan fingerprint density at radius 3 is 2.04 bits per heavy atom. The SMILES string of the molecule is CCCCC(C)(C)[C@H](O)/C=C/C=C/C=C/C=C/[C@H](O)[C@@H](O)CCCC(=O)O. The van der Waals surface area contributed by atoms with Gasteiger partial charge in [-0.3, -0.25) is 4.79 Å². The number of carbonyl (C=O) groups is 1. The normalized spacial score (nSPS) is 16.7. The smallest absolute Gasteiger partial charge is 0.303 e. The van der Waals surface area contributed by atoms with Crippen LogP contribution >= 0.6 is 0 Å². The van der Waals surface area contributed by atoms with Crippen molar-refractivity contribution in [1.29, 1.82) is 0 Å². The minimum absolute atomic E-state index is 0.0177. The van der Waals surface area contributed by atoms with Crippen molar-refractivity contribution >= 4 is 5.97 Å². The van der Waals surface area contributed by atoms with Crippen molar-refractivity contribution < 1.29 is 25.2 Å². The van der Waals surface area contributed by atoms with Crippen LogP contribution in [0.1, 0.15) is 59.3 Å². The van der Waals surface area contributed by atoms with Crippen LogP contribution in [0.2, 0.25) is 0 Å². The van der Waals surface area contributed by atoms with E-state index in [1.165, 1.54) is 6.08 Å². The molecular weight excluding hydrogens is 344 g/mol. The number of rotatable bonds is 14. The molecule has 5 nitrogen and oxygen atoms in total. The van der Waals surface area contributed by atoms with E-state index in [2.05, 4.69) is 20.8 Å². The fourth-order valence-electron chi connectivity index (χ4n) is 2.41. The third-order valence-corrected chi connectivity index (χ3v) is 4.42. The van der Waals surface area contributed by atoms with Gasteiger partial charge in [0.1, 0.15) is 0 Å². The van der Waals surface area contributed by atoms with Crippen LogP contribution in [0.25, 0.3) is 0 Å². The Bertz CT molecular complexity index is 517. The molecule has 5 heteroatoms. The van der Waals surface area contributed by atoms with Crippen LogP contribution in [0.15, 0.2) is 48.6 Å². The summed E-state index contributed by atoms with van der Waals surface area (Å²) in [5.41, 5.74) is -0.139. The predicted molar refractivity (Wildman–Crippen MR) is 109 cm³/mol. The fraction of sp³-hybridized carbons (Fsp3) is 0.591. The first-order chi connectivity index (χ1) is 12.7. The second-order valence-electron chi connectivity index (χ2n) is 7.42. The summed E-state index contributed by atoms with van der Waals surface area (Å²) < 4.78 is 0. The number of aliphatic hydroxyl groups is 3. The van der Waals surface area contributed by atoms with E-state index in [1.54, 1.807) is 24.3 Å². The van der Waals surface area contributed by atoms with Crippen LogP contribution in [-0.2, 0) is 4.79 Å². The molecule has 0 aromatic heterocycles. The molecule has 3 atom stereocenters. The van der Waals surface area contributed by atoms with Crippen molar-refractivity contribution in [2.24, 2.45) is 5.41 Å². The maximum Gasteiger partial charge on any atom is 0.303 e. The predicted octanol–water partition coefficient (Wildman–Crippen LogP) is 3.77. The van der Waals surface area contributed by atoms with Crippen LogP contribution in [-0.4, -0.2) is 44.7 Å². The molecule has 27 heavy (non-hydrogen) atoms. The first kappa shape index (κ1) is 25.3. The molecule has 0 spiro atoms. The Kier molecular flexibility index (Phi) is 13.5. The molecule has 154 valence electrons. The summed E-state index contributed by atoms with van der Waals surface area (Å²) in [5.74, 6) is -0.909. The quantitative estimate of drug-likeness (QED) is 0.344. The van der Waals surface area contributed by atoms with Gasteiger partial charge in [-0.15, -0.1) is 0 Å². The molecule has 0 aliphatic heterocycles. The molecule has 0 aromatic rings. The standard InChI is InChI=1S/C22H36O5/c1-4-5-17-22(2,3)20(25)15-11-9-7-6-8-10-13-18(23)19(24)14-12-16-21(26)27/h6-11,13,15,18-20,23-25H,4-5,12,14,16-17H2,1-3H3,(H,26,27)/b8-6+,9-7+,13-10+,15-11+/t18-,19-,20+/m0/s1. The molecule has 0 unspecified atom stereocenters. The highest BCUT2D eigenvalue weighted by Crippen LogP contribution is 2.28. The molecular formula is C22H36O5. The summed E-state index contributed by atoms with van der Waals surface area (Å²) in [6.07, 6.45) is 15.1. The molecule has 0 aromatic carbocycles. The van der Waals surface area contributed by atoms with E-state index in [0.29, 0.717) is 6.42 Å². The molecule has 0 saturated carbocycles. The molecule has 0 heterocycles. The summed E-state index contributed by atoms with van der Waals surface area (Å²) in [6, 6.07) is 0. The van der Waals surface area contributed by atoms with Gasteiger partial charge in [-0.2, -0.15) is 0 Å². The number of unbranched alkanes of at least 4 members (excludes halogenated alkanes) is 1. The average Bonchev–Trinajstić information content (AvgIpc) is 2.61. The van der Waals surface area contributed by atoms with E-state index in [-0.39, 0.29) is 18.3 Å². The highest BCUT2D eigenvalue weighted by Gasteiger charge is 2.24. The van der Waals surface area contributed by atoms with E-state index in [0.717, 1.165) is 19.3 Å². The van der Waals surface area contributed by atoms with Gasteiger partial charge in [0.05, 0.1) is 18.3 Å². The number of hydrogen-bond donors (Lipinski definition) is 4. The van der Waals surface area contributed by atoms with Crippen LogP contribution in [0.4, 0.5) is 0 Å².